The van der Waals surface area contributed by atoms with Crippen LogP contribution in [0, 0.1) is 11.7 Å². The number of carbonyl (C=O) groups excluding carboxylic acids is 1. The van der Waals surface area contributed by atoms with Crippen molar-refractivity contribution in [2.75, 3.05) is 23.3 Å². The zero-order valence-corrected chi connectivity index (χ0v) is 18.6. The minimum Gasteiger partial charge on any atom is -0.420 e. The van der Waals surface area contributed by atoms with E-state index in [1.165, 1.54) is 42.7 Å². The minimum absolute atomic E-state index is 0.0222. The number of nitrogens with one attached hydrogen (secondary N) is 1. The molecule has 3 aromatic rings. The normalized spacial score (nSPS) is 18.1. The summed E-state index contributed by atoms with van der Waals surface area (Å²) in [5.41, 5.74) is -2.43. The van der Waals surface area contributed by atoms with Gasteiger partial charge in [-0.2, -0.15) is 0 Å². The molecule has 1 aliphatic rings. The highest BCUT2D eigenvalue weighted by Gasteiger charge is 2.31. The Balaban J connectivity index is 1.61. The molecule has 11 heteroatoms. The van der Waals surface area contributed by atoms with Crippen molar-refractivity contribution in [2.45, 2.75) is 18.6 Å². The average Bonchev–Trinajstić information content (AvgIpc) is 3.12. The van der Waals surface area contributed by atoms with Crippen molar-refractivity contribution >= 4 is 29.0 Å². The van der Waals surface area contributed by atoms with Gasteiger partial charge in [0.15, 0.2) is 0 Å². The molecule has 0 spiro atoms. The van der Waals surface area contributed by atoms with Gasteiger partial charge in [0.2, 0.25) is 0 Å². The molecule has 2 atom stereocenters. The fourth-order valence-electron chi connectivity index (χ4n) is 3.67. The molecule has 3 heterocycles. The van der Waals surface area contributed by atoms with Crippen LogP contribution < -0.4 is 15.0 Å². The van der Waals surface area contributed by atoms with Gasteiger partial charge in [-0.1, -0.05) is 6.92 Å². The first kappa shape index (κ1) is 23.8. The molecule has 2 aromatic heterocycles. The number of hydrogen-bond donors (Lipinski definition) is 2. The van der Waals surface area contributed by atoms with Gasteiger partial charge in [0.05, 0.1) is 17.9 Å². The van der Waals surface area contributed by atoms with Gasteiger partial charge in [0.1, 0.15) is 17.4 Å². The summed E-state index contributed by atoms with van der Waals surface area (Å²) >= 11 is 4.75. The van der Waals surface area contributed by atoms with Crippen LogP contribution >= 0.6 is 11.6 Å². The monoisotopic (exact) mass is 492 g/mol. The summed E-state index contributed by atoms with van der Waals surface area (Å²) in [6.07, 6.45) is 3.38. The van der Waals surface area contributed by atoms with Crippen molar-refractivity contribution in [3.05, 3.63) is 66.4 Å². The number of pyridine rings is 2. The van der Waals surface area contributed by atoms with E-state index in [0.717, 1.165) is 6.20 Å². The van der Waals surface area contributed by atoms with Crippen LogP contribution in [0.5, 0.6) is 5.75 Å². The third-order valence-corrected chi connectivity index (χ3v) is 5.44. The molecule has 178 valence electrons. The number of aliphatic hydroxyl groups is 1. The van der Waals surface area contributed by atoms with Crippen LogP contribution in [0.2, 0.25) is 0 Å². The van der Waals surface area contributed by atoms with E-state index in [4.69, 9.17) is 11.6 Å². The zero-order chi connectivity index (χ0) is 24.5. The lowest BCUT2D eigenvalue weighted by molar-refractivity contribution is -0.0964. The molecule has 1 fully saturated rings. The lowest BCUT2D eigenvalue weighted by Gasteiger charge is -2.21. The van der Waals surface area contributed by atoms with E-state index < -0.39 is 23.4 Å². The van der Waals surface area contributed by atoms with Gasteiger partial charge in [-0.15, -0.1) is 8.78 Å². The lowest BCUT2D eigenvalue weighted by Crippen LogP contribution is -2.23. The Kier molecular flexibility index (Phi) is 6.63. The smallest absolute Gasteiger partial charge is 0.420 e. The molecular formula is C23H20ClF3N4O3. The van der Waals surface area contributed by atoms with E-state index in [-0.39, 0.29) is 17.2 Å². The van der Waals surface area contributed by atoms with Crippen LogP contribution in [0.3, 0.4) is 0 Å². The summed E-state index contributed by atoms with van der Waals surface area (Å²) in [6.45, 7) is 2.82. The van der Waals surface area contributed by atoms with Crippen LogP contribution in [0.1, 0.15) is 17.3 Å². The number of anilines is 2. The number of hydrogen-bond acceptors (Lipinski definition) is 6. The number of aromatic nitrogens is 2. The number of β-amino-alcohol motifs (C(OH)–C–C–N with tert-alkyl or cyclic N) is 1. The zero-order valence-electron chi connectivity index (χ0n) is 17.9. The number of alkyl halides is 3. The molecule has 0 aliphatic carbocycles. The molecule has 1 amide bonds. The first-order valence-electron chi connectivity index (χ1n) is 10.3. The SMILES string of the molecule is C[C@@H]1CN(c2ncc(C(=O)Nc3ccc(OC(F)(F)Cl)cc3)cc2-c2cncc(F)c2)C[C@@H]1O. The fraction of sp³-hybridized carbons (Fsp3) is 0.261. The Labute approximate surface area is 198 Å². The van der Waals surface area contributed by atoms with Gasteiger partial charge in [0, 0.05) is 59.8 Å². The summed E-state index contributed by atoms with van der Waals surface area (Å²) in [5.74, 6) is -0.717. The Hall–Kier alpha value is -3.37. The highest BCUT2D eigenvalue weighted by Crippen LogP contribution is 2.33. The standard InChI is InChI=1S/C23H20ClF3N4O3/c1-13-11-31(12-20(13)32)21-19(14-6-16(25)10-28-8-14)7-15(9-29-21)22(33)30-17-2-4-18(5-3-17)34-23(24,26)27/h2-10,13,20,32H,11-12H2,1H3,(H,30,33)/t13-,20+/m1/s1. The van der Waals surface area contributed by atoms with Crippen molar-refractivity contribution < 1.29 is 27.8 Å². The molecule has 1 saturated heterocycles. The number of benzene rings is 1. The molecule has 2 N–H and O–H groups in total. The fourth-order valence-corrected chi connectivity index (χ4v) is 3.76. The molecule has 1 aromatic carbocycles. The molecule has 1 aliphatic heterocycles. The van der Waals surface area contributed by atoms with Crippen molar-refractivity contribution in [3.8, 4) is 16.9 Å². The van der Waals surface area contributed by atoms with Gasteiger partial charge in [-0.3, -0.25) is 9.78 Å². The van der Waals surface area contributed by atoms with Crippen molar-refractivity contribution in [2.24, 2.45) is 5.92 Å². The van der Waals surface area contributed by atoms with Gasteiger partial charge in [-0.25, -0.2) is 9.37 Å². The topological polar surface area (TPSA) is 87.6 Å². The number of aliphatic hydroxyl groups excluding tert-OH is 1. The second-order valence-corrected chi connectivity index (χ2v) is 8.40. The number of amides is 1. The van der Waals surface area contributed by atoms with E-state index in [2.05, 4.69) is 20.0 Å². The van der Waals surface area contributed by atoms with Gasteiger partial charge in [0.25, 0.3) is 5.91 Å². The minimum atomic E-state index is -3.84. The molecule has 0 radical (unpaired) electrons. The molecule has 4 rings (SSSR count). The number of ether oxygens (including phenoxy) is 1. The molecule has 0 saturated carbocycles. The van der Waals surface area contributed by atoms with Crippen LogP contribution in [0.15, 0.2) is 55.0 Å². The number of rotatable bonds is 6. The van der Waals surface area contributed by atoms with E-state index in [1.807, 2.05) is 11.8 Å². The first-order valence-corrected chi connectivity index (χ1v) is 10.7. The maximum Gasteiger partial charge on any atom is 0.487 e. The Morgan fingerprint density at radius 2 is 1.94 bits per heavy atom. The summed E-state index contributed by atoms with van der Waals surface area (Å²) in [6, 6.07) is 8.07. The van der Waals surface area contributed by atoms with Crippen molar-refractivity contribution in [1.82, 2.24) is 9.97 Å². The quantitative estimate of drug-likeness (QED) is 0.492. The first-order chi connectivity index (χ1) is 16.1. The van der Waals surface area contributed by atoms with Crippen LogP contribution in [0.4, 0.5) is 24.7 Å². The summed E-state index contributed by atoms with van der Waals surface area (Å²) < 4.78 is 43.6. The van der Waals surface area contributed by atoms with Gasteiger partial charge < -0.3 is 20.1 Å². The second kappa shape index (κ2) is 9.47. The van der Waals surface area contributed by atoms with E-state index in [1.54, 1.807) is 6.07 Å². The molecule has 34 heavy (non-hydrogen) atoms. The predicted octanol–water partition coefficient (Wildman–Crippen LogP) is 4.52. The van der Waals surface area contributed by atoms with Crippen molar-refractivity contribution in [3.63, 3.8) is 0 Å². The number of carbonyl (C=O) groups is 1. The van der Waals surface area contributed by atoms with Crippen molar-refractivity contribution in [1.29, 1.82) is 0 Å². The summed E-state index contributed by atoms with van der Waals surface area (Å²) in [5, 5.41) is 12.8. The number of halogens is 4. The highest BCUT2D eigenvalue weighted by atomic mass is 35.5. The second-order valence-electron chi connectivity index (χ2n) is 7.96. The summed E-state index contributed by atoms with van der Waals surface area (Å²) in [7, 11) is 0. The maximum atomic E-state index is 13.9. The molecule has 7 nitrogen and oxygen atoms in total. The highest BCUT2D eigenvalue weighted by molar-refractivity contribution is 6.20. The third-order valence-electron chi connectivity index (χ3n) is 5.36. The molecule has 0 bridgehead atoms. The van der Waals surface area contributed by atoms with E-state index >= 15 is 0 Å². The van der Waals surface area contributed by atoms with Gasteiger partial charge in [-0.05, 0) is 36.4 Å². The Morgan fingerprint density at radius 3 is 2.56 bits per heavy atom. The van der Waals surface area contributed by atoms with Crippen LogP contribution in [0.25, 0.3) is 11.1 Å². The van der Waals surface area contributed by atoms with Crippen LogP contribution in [-0.2, 0) is 0 Å². The van der Waals surface area contributed by atoms with Crippen LogP contribution in [-0.4, -0.2) is 45.7 Å². The number of nitrogens with zero attached hydrogens (tertiary/aromatic N) is 3. The summed E-state index contributed by atoms with van der Waals surface area (Å²) in [4.78, 5) is 23.1. The van der Waals surface area contributed by atoms with E-state index in [9.17, 15) is 23.1 Å². The molecule has 0 unspecified atom stereocenters. The Bertz CT molecular complexity index is 1180. The average molecular weight is 493 g/mol. The largest absolute Gasteiger partial charge is 0.487 e. The van der Waals surface area contributed by atoms with E-state index in [0.29, 0.717) is 35.7 Å². The molecular weight excluding hydrogens is 473 g/mol. The predicted molar refractivity (Wildman–Crippen MR) is 121 cm³/mol. The van der Waals surface area contributed by atoms with Gasteiger partial charge >= 0.3 is 5.57 Å². The maximum absolute atomic E-state index is 13.9. The third kappa shape index (κ3) is 5.57. The Morgan fingerprint density at radius 1 is 1.21 bits per heavy atom. The lowest BCUT2D eigenvalue weighted by atomic mass is 10.1.